The molecule has 2 unspecified atom stereocenters. The predicted octanol–water partition coefficient (Wildman–Crippen LogP) is 4.19. The van der Waals surface area contributed by atoms with Gasteiger partial charge in [-0.05, 0) is 64.9 Å². The van der Waals surface area contributed by atoms with E-state index in [-0.39, 0.29) is 12.5 Å². The van der Waals surface area contributed by atoms with Crippen molar-refractivity contribution in [1.82, 2.24) is 0 Å². The molecule has 28 heavy (non-hydrogen) atoms. The normalized spacial score (nSPS) is 21.8. The number of ether oxygens (including phenoxy) is 1. The van der Waals surface area contributed by atoms with E-state index < -0.39 is 23.8 Å². The number of thiophene rings is 1. The number of anilines is 1. The molecule has 2 aliphatic carbocycles. The number of nitrogens with one attached hydrogen (secondary N) is 1. The van der Waals surface area contributed by atoms with Crippen LogP contribution in [0.4, 0.5) is 5.00 Å². The van der Waals surface area contributed by atoms with Crippen LogP contribution in [0.1, 0.15) is 67.3 Å². The van der Waals surface area contributed by atoms with Crippen molar-refractivity contribution >= 4 is 34.2 Å². The van der Waals surface area contributed by atoms with E-state index in [1.165, 1.54) is 11.3 Å². The largest absolute Gasteiger partial charge is 0.481 e. The van der Waals surface area contributed by atoms with E-state index in [0.717, 1.165) is 47.3 Å². The first-order valence-electron chi connectivity index (χ1n) is 9.84. The Morgan fingerprint density at radius 3 is 2.39 bits per heavy atom. The molecule has 1 heterocycles. The fourth-order valence-corrected chi connectivity index (χ4v) is 5.39. The molecule has 0 fully saturated rings. The first-order chi connectivity index (χ1) is 13.3. The Bertz CT molecular complexity index is 838. The van der Waals surface area contributed by atoms with Crippen LogP contribution in [0, 0.1) is 11.8 Å². The third kappa shape index (κ3) is 3.99. The fourth-order valence-electron chi connectivity index (χ4n) is 4.11. The van der Waals surface area contributed by atoms with Gasteiger partial charge in [0.1, 0.15) is 5.00 Å². The average molecular weight is 406 g/mol. The standard InChI is InChI=1S/C21H27NO5S/c1-4-27-21(26)17-13-7-5-6-8-16(13)28-19(17)22-18(23)14-9-11(2)12(3)10-15(14)20(24)25/h14-15H,4-10H2,1-3H3,(H,22,23)(H,24,25). The Morgan fingerprint density at radius 1 is 1.11 bits per heavy atom. The minimum absolute atomic E-state index is 0.268. The molecule has 0 saturated carbocycles. The van der Waals surface area contributed by atoms with Gasteiger partial charge >= 0.3 is 11.9 Å². The topological polar surface area (TPSA) is 92.7 Å². The number of fused-ring (bicyclic) bond motifs is 1. The molecule has 2 aliphatic rings. The fraction of sp³-hybridized carbons (Fsp3) is 0.571. The Balaban J connectivity index is 1.90. The zero-order valence-corrected chi connectivity index (χ0v) is 17.4. The molecule has 2 atom stereocenters. The highest BCUT2D eigenvalue weighted by Gasteiger charge is 2.38. The quantitative estimate of drug-likeness (QED) is 0.566. The highest BCUT2D eigenvalue weighted by atomic mass is 32.1. The van der Waals surface area contributed by atoms with E-state index in [9.17, 15) is 19.5 Å². The summed E-state index contributed by atoms with van der Waals surface area (Å²) in [6.45, 7) is 5.89. The lowest BCUT2D eigenvalue weighted by Crippen LogP contribution is -2.36. The number of aryl methyl sites for hydroxylation is 1. The van der Waals surface area contributed by atoms with Crippen LogP contribution >= 0.6 is 11.3 Å². The third-order valence-corrected chi connectivity index (χ3v) is 7.02. The maximum Gasteiger partial charge on any atom is 0.341 e. The zero-order valence-electron chi connectivity index (χ0n) is 16.6. The van der Waals surface area contributed by atoms with Crippen LogP contribution < -0.4 is 5.32 Å². The number of hydrogen-bond acceptors (Lipinski definition) is 5. The van der Waals surface area contributed by atoms with Crippen LogP contribution in [-0.4, -0.2) is 29.6 Å². The van der Waals surface area contributed by atoms with Gasteiger partial charge in [-0.3, -0.25) is 9.59 Å². The van der Waals surface area contributed by atoms with E-state index in [0.29, 0.717) is 23.4 Å². The molecule has 0 aromatic carbocycles. The SMILES string of the molecule is CCOC(=O)c1c(NC(=O)C2CC(C)=C(C)CC2C(=O)O)sc2c1CCCC2. The van der Waals surface area contributed by atoms with E-state index >= 15 is 0 Å². The first-order valence-corrected chi connectivity index (χ1v) is 10.7. The number of carboxylic acid groups (broad SMARTS) is 1. The number of rotatable bonds is 5. The summed E-state index contributed by atoms with van der Waals surface area (Å²) in [5.74, 6) is -3.09. The number of allylic oxidation sites excluding steroid dienone is 2. The molecular formula is C21H27NO5S. The second kappa shape index (κ2) is 8.47. The van der Waals surface area contributed by atoms with Gasteiger partial charge < -0.3 is 15.2 Å². The highest BCUT2D eigenvalue weighted by molar-refractivity contribution is 7.17. The number of amides is 1. The lowest BCUT2D eigenvalue weighted by atomic mass is 9.76. The number of esters is 1. The average Bonchev–Trinajstić information content (AvgIpc) is 3.01. The predicted molar refractivity (Wildman–Crippen MR) is 108 cm³/mol. The van der Waals surface area contributed by atoms with Crippen LogP contribution in [0.25, 0.3) is 0 Å². The second-order valence-electron chi connectivity index (χ2n) is 7.64. The maximum atomic E-state index is 13.0. The minimum Gasteiger partial charge on any atom is -0.481 e. The summed E-state index contributed by atoms with van der Waals surface area (Å²) >= 11 is 1.43. The number of carbonyl (C=O) groups excluding carboxylic acids is 2. The molecule has 1 aromatic rings. The van der Waals surface area contributed by atoms with Crippen LogP contribution in [0.2, 0.25) is 0 Å². The summed E-state index contributed by atoms with van der Waals surface area (Å²) in [5, 5.41) is 13.0. The molecule has 7 heteroatoms. The van der Waals surface area contributed by atoms with Gasteiger partial charge in [0.25, 0.3) is 0 Å². The van der Waals surface area contributed by atoms with Gasteiger partial charge in [-0.25, -0.2) is 4.79 Å². The Hall–Kier alpha value is -2.15. The Labute approximate surface area is 169 Å². The Morgan fingerprint density at radius 2 is 1.75 bits per heavy atom. The highest BCUT2D eigenvalue weighted by Crippen LogP contribution is 2.40. The van der Waals surface area contributed by atoms with Crippen molar-refractivity contribution in [2.24, 2.45) is 11.8 Å². The molecular weight excluding hydrogens is 378 g/mol. The number of carbonyl (C=O) groups is 3. The van der Waals surface area contributed by atoms with E-state index in [2.05, 4.69) is 5.32 Å². The van der Waals surface area contributed by atoms with E-state index in [1.807, 2.05) is 13.8 Å². The molecule has 1 aromatic heterocycles. The van der Waals surface area contributed by atoms with Crippen molar-refractivity contribution < 1.29 is 24.2 Å². The number of carboxylic acids is 1. The molecule has 3 rings (SSSR count). The summed E-state index contributed by atoms with van der Waals surface area (Å²) in [4.78, 5) is 38.4. The smallest absolute Gasteiger partial charge is 0.341 e. The van der Waals surface area contributed by atoms with Gasteiger partial charge in [-0.15, -0.1) is 11.3 Å². The maximum absolute atomic E-state index is 13.0. The summed E-state index contributed by atoms with van der Waals surface area (Å²) < 4.78 is 5.23. The second-order valence-corrected chi connectivity index (χ2v) is 8.75. The lowest BCUT2D eigenvalue weighted by Gasteiger charge is -2.29. The van der Waals surface area contributed by atoms with Crippen molar-refractivity contribution in [2.75, 3.05) is 11.9 Å². The van der Waals surface area contributed by atoms with Crippen LogP contribution in [0.3, 0.4) is 0 Å². The number of hydrogen-bond donors (Lipinski definition) is 2. The van der Waals surface area contributed by atoms with Crippen molar-refractivity contribution in [2.45, 2.75) is 59.3 Å². The van der Waals surface area contributed by atoms with E-state index in [4.69, 9.17) is 4.74 Å². The molecule has 2 N–H and O–H groups in total. The van der Waals surface area contributed by atoms with Gasteiger partial charge in [-0.2, -0.15) is 0 Å². The van der Waals surface area contributed by atoms with Gasteiger partial charge in [0, 0.05) is 4.88 Å². The molecule has 0 bridgehead atoms. The summed E-state index contributed by atoms with van der Waals surface area (Å²) in [5.41, 5.74) is 3.54. The molecule has 0 saturated heterocycles. The molecule has 152 valence electrons. The molecule has 6 nitrogen and oxygen atoms in total. The van der Waals surface area contributed by atoms with Crippen molar-refractivity contribution in [3.05, 3.63) is 27.2 Å². The summed E-state index contributed by atoms with van der Waals surface area (Å²) in [6.07, 6.45) is 4.58. The van der Waals surface area contributed by atoms with Crippen molar-refractivity contribution in [1.29, 1.82) is 0 Å². The molecule has 0 aliphatic heterocycles. The van der Waals surface area contributed by atoms with Crippen LogP contribution in [-0.2, 0) is 27.2 Å². The monoisotopic (exact) mass is 405 g/mol. The molecule has 0 spiro atoms. The van der Waals surface area contributed by atoms with Crippen molar-refractivity contribution in [3.63, 3.8) is 0 Å². The van der Waals surface area contributed by atoms with E-state index in [1.54, 1.807) is 6.92 Å². The van der Waals surface area contributed by atoms with Gasteiger partial charge in [0.15, 0.2) is 0 Å². The van der Waals surface area contributed by atoms with Gasteiger partial charge in [0.2, 0.25) is 5.91 Å². The minimum atomic E-state index is -0.955. The van der Waals surface area contributed by atoms with Gasteiger partial charge in [0.05, 0.1) is 24.0 Å². The molecule has 0 radical (unpaired) electrons. The first kappa shape index (κ1) is 20.6. The molecule has 1 amide bonds. The zero-order chi connectivity index (χ0) is 20.4. The van der Waals surface area contributed by atoms with Crippen LogP contribution in [0.5, 0.6) is 0 Å². The van der Waals surface area contributed by atoms with Crippen molar-refractivity contribution in [3.8, 4) is 0 Å². The summed E-state index contributed by atoms with van der Waals surface area (Å²) in [6, 6.07) is 0. The lowest BCUT2D eigenvalue weighted by molar-refractivity contribution is -0.146. The Kier molecular flexibility index (Phi) is 6.23. The summed E-state index contributed by atoms with van der Waals surface area (Å²) in [7, 11) is 0. The van der Waals surface area contributed by atoms with Gasteiger partial charge in [-0.1, -0.05) is 11.1 Å². The van der Waals surface area contributed by atoms with Crippen LogP contribution in [0.15, 0.2) is 11.1 Å². The number of aliphatic carboxylic acids is 1. The third-order valence-electron chi connectivity index (χ3n) is 5.81.